The number of hydrogen-bond acceptors (Lipinski definition) is 4. The molecule has 0 aromatic heterocycles. The molecule has 6 heteroatoms. The van der Waals surface area contributed by atoms with E-state index in [1.165, 1.54) is 0 Å². The summed E-state index contributed by atoms with van der Waals surface area (Å²) in [6, 6.07) is 6.54. The van der Waals surface area contributed by atoms with Gasteiger partial charge in [0.25, 0.3) is 10.1 Å². The van der Waals surface area contributed by atoms with Gasteiger partial charge in [0, 0.05) is 6.04 Å². The number of aryl methyl sites for hydroxylation is 1. The fraction of sp³-hybridized carbons (Fsp3) is 0.500. The lowest BCUT2D eigenvalue weighted by molar-refractivity contribution is 0.154. The van der Waals surface area contributed by atoms with Crippen LogP contribution in [-0.2, 0) is 10.1 Å². The molecule has 0 aliphatic carbocycles. The van der Waals surface area contributed by atoms with Gasteiger partial charge in [0.2, 0.25) is 0 Å². The van der Waals surface area contributed by atoms with Crippen LogP contribution < -0.4 is 5.32 Å². The summed E-state index contributed by atoms with van der Waals surface area (Å²) in [4.78, 5) is 0. The molecule has 2 rings (SSSR count). The van der Waals surface area contributed by atoms with Crippen molar-refractivity contribution in [2.24, 2.45) is 0 Å². The second-order valence-electron chi connectivity index (χ2n) is 4.71. The van der Waals surface area contributed by atoms with Crippen molar-refractivity contribution in [1.82, 2.24) is 5.32 Å². The van der Waals surface area contributed by atoms with E-state index in [1.54, 1.807) is 24.3 Å². The van der Waals surface area contributed by atoms with Crippen LogP contribution in [0.3, 0.4) is 0 Å². The Balaban J connectivity index is 2.34. The molecule has 0 radical (unpaired) electrons. The molecular formula is C12H17NO4S. The molecule has 1 fully saturated rings. The summed E-state index contributed by atoms with van der Waals surface area (Å²) >= 11 is 0. The van der Waals surface area contributed by atoms with E-state index in [1.807, 2.05) is 6.92 Å². The smallest absolute Gasteiger partial charge is 0.273 e. The van der Waals surface area contributed by atoms with Crippen LogP contribution in [0.2, 0.25) is 0 Å². The van der Waals surface area contributed by atoms with E-state index < -0.39 is 27.6 Å². The molecule has 18 heavy (non-hydrogen) atoms. The third-order valence-corrected chi connectivity index (χ3v) is 4.49. The van der Waals surface area contributed by atoms with Crippen LogP contribution in [0.15, 0.2) is 24.3 Å². The van der Waals surface area contributed by atoms with Gasteiger partial charge in [-0.15, -0.1) is 0 Å². The Morgan fingerprint density at radius 2 is 1.89 bits per heavy atom. The SMILES string of the molecule is Cc1ccc([C@@H]([C@@H]2CC[C@H](O)N2)S(=O)(=O)O)cc1. The average Bonchev–Trinajstić information content (AvgIpc) is 2.66. The Morgan fingerprint density at radius 1 is 1.28 bits per heavy atom. The largest absolute Gasteiger partial charge is 0.379 e. The average molecular weight is 271 g/mol. The lowest BCUT2D eigenvalue weighted by Crippen LogP contribution is -2.37. The highest BCUT2D eigenvalue weighted by Gasteiger charge is 2.37. The summed E-state index contributed by atoms with van der Waals surface area (Å²) in [7, 11) is -4.21. The van der Waals surface area contributed by atoms with Gasteiger partial charge in [0.15, 0.2) is 0 Å². The van der Waals surface area contributed by atoms with Gasteiger partial charge >= 0.3 is 0 Å². The number of aliphatic hydroxyl groups excluding tert-OH is 1. The van der Waals surface area contributed by atoms with Gasteiger partial charge in [-0.2, -0.15) is 8.42 Å². The quantitative estimate of drug-likeness (QED) is 0.714. The maximum atomic E-state index is 11.5. The molecule has 3 atom stereocenters. The molecule has 1 aliphatic heterocycles. The van der Waals surface area contributed by atoms with Crippen molar-refractivity contribution in [3.8, 4) is 0 Å². The second kappa shape index (κ2) is 4.97. The van der Waals surface area contributed by atoms with Crippen molar-refractivity contribution >= 4 is 10.1 Å². The summed E-state index contributed by atoms with van der Waals surface area (Å²) in [5.41, 5.74) is 1.56. The number of hydrogen-bond donors (Lipinski definition) is 3. The third kappa shape index (κ3) is 2.89. The molecule has 0 amide bonds. The fourth-order valence-corrected chi connectivity index (χ4v) is 3.49. The molecule has 1 aromatic rings. The van der Waals surface area contributed by atoms with Crippen LogP contribution in [0.25, 0.3) is 0 Å². The molecule has 3 N–H and O–H groups in total. The fourth-order valence-electron chi connectivity index (χ4n) is 2.36. The van der Waals surface area contributed by atoms with Gasteiger partial charge in [0.1, 0.15) is 11.5 Å². The van der Waals surface area contributed by atoms with Gasteiger partial charge < -0.3 is 5.11 Å². The van der Waals surface area contributed by atoms with Crippen molar-refractivity contribution in [2.75, 3.05) is 0 Å². The lowest BCUT2D eigenvalue weighted by Gasteiger charge is -2.21. The predicted molar refractivity (Wildman–Crippen MR) is 67.6 cm³/mol. The molecule has 5 nitrogen and oxygen atoms in total. The summed E-state index contributed by atoms with van der Waals surface area (Å²) < 4.78 is 32.5. The van der Waals surface area contributed by atoms with E-state index in [2.05, 4.69) is 5.32 Å². The zero-order valence-electron chi connectivity index (χ0n) is 10.1. The molecule has 100 valence electrons. The summed E-state index contributed by atoms with van der Waals surface area (Å²) in [6.45, 7) is 1.91. The third-order valence-electron chi connectivity index (χ3n) is 3.25. The zero-order chi connectivity index (χ0) is 13.3. The molecule has 0 saturated carbocycles. The standard InChI is InChI=1S/C12H17NO4S/c1-8-2-4-9(5-3-8)12(18(15,16)17)10-6-7-11(14)13-10/h2-5,10-14H,6-7H2,1H3,(H,15,16,17)/t10-,11-,12-/m0/s1. The van der Waals surface area contributed by atoms with E-state index >= 15 is 0 Å². The van der Waals surface area contributed by atoms with Crippen LogP contribution >= 0.6 is 0 Å². The maximum absolute atomic E-state index is 11.5. The molecule has 0 spiro atoms. The van der Waals surface area contributed by atoms with Gasteiger partial charge in [-0.05, 0) is 25.3 Å². The molecule has 0 unspecified atom stereocenters. The molecule has 1 saturated heterocycles. The van der Waals surface area contributed by atoms with Gasteiger partial charge in [0.05, 0.1) is 0 Å². The van der Waals surface area contributed by atoms with Crippen LogP contribution in [0, 0.1) is 6.92 Å². The Kier molecular flexibility index (Phi) is 3.72. The summed E-state index contributed by atoms with van der Waals surface area (Å²) in [5.74, 6) is 0. The van der Waals surface area contributed by atoms with Crippen LogP contribution in [0.1, 0.15) is 29.2 Å². The number of nitrogens with one attached hydrogen (secondary N) is 1. The first-order chi connectivity index (χ1) is 8.38. The number of benzene rings is 1. The Labute approximate surface area is 107 Å². The van der Waals surface area contributed by atoms with Gasteiger partial charge in [-0.3, -0.25) is 9.87 Å². The lowest BCUT2D eigenvalue weighted by atomic mass is 10.0. The van der Waals surface area contributed by atoms with Crippen molar-refractivity contribution in [2.45, 2.75) is 37.3 Å². The topological polar surface area (TPSA) is 86.6 Å². The predicted octanol–water partition coefficient (Wildman–Crippen LogP) is 0.994. The number of aliphatic hydroxyl groups is 1. The summed E-state index contributed by atoms with van der Waals surface area (Å²) in [5, 5.41) is 11.2. The van der Waals surface area contributed by atoms with E-state index in [-0.39, 0.29) is 0 Å². The van der Waals surface area contributed by atoms with Crippen molar-refractivity contribution < 1.29 is 18.1 Å². The molecular weight excluding hydrogens is 254 g/mol. The number of rotatable bonds is 3. The molecule has 1 heterocycles. The van der Waals surface area contributed by atoms with Crippen molar-refractivity contribution in [1.29, 1.82) is 0 Å². The maximum Gasteiger partial charge on any atom is 0.273 e. The molecule has 0 bridgehead atoms. The highest BCUT2D eigenvalue weighted by atomic mass is 32.2. The normalized spacial score (nSPS) is 26.2. The highest BCUT2D eigenvalue weighted by molar-refractivity contribution is 7.86. The van der Waals surface area contributed by atoms with Gasteiger partial charge in [-0.25, -0.2) is 0 Å². The monoisotopic (exact) mass is 271 g/mol. The van der Waals surface area contributed by atoms with Crippen molar-refractivity contribution in [3.05, 3.63) is 35.4 Å². The van der Waals surface area contributed by atoms with E-state index in [0.29, 0.717) is 18.4 Å². The van der Waals surface area contributed by atoms with Gasteiger partial charge in [-0.1, -0.05) is 29.8 Å². The minimum absolute atomic E-state index is 0.460. The first kappa shape index (κ1) is 13.5. The minimum atomic E-state index is -4.21. The summed E-state index contributed by atoms with van der Waals surface area (Å²) in [6.07, 6.45) is 0.298. The van der Waals surface area contributed by atoms with Crippen molar-refractivity contribution in [3.63, 3.8) is 0 Å². The Morgan fingerprint density at radius 3 is 2.33 bits per heavy atom. The van der Waals surface area contributed by atoms with Crippen LogP contribution in [-0.4, -0.2) is 30.3 Å². The van der Waals surface area contributed by atoms with E-state index in [9.17, 15) is 18.1 Å². The zero-order valence-corrected chi connectivity index (χ0v) is 10.9. The van der Waals surface area contributed by atoms with Crippen LogP contribution in [0.4, 0.5) is 0 Å². The van der Waals surface area contributed by atoms with E-state index in [4.69, 9.17) is 0 Å². The molecule has 1 aliphatic rings. The second-order valence-corrected chi connectivity index (χ2v) is 6.25. The Bertz CT molecular complexity index is 511. The first-order valence-corrected chi connectivity index (χ1v) is 7.35. The minimum Gasteiger partial charge on any atom is -0.379 e. The first-order valence-electron chi connectivity index (χ1n) is 5.85. The molecule has 1 aromatic carbocycles. The highest BCUT2D eigenvalue weighted by Crippen LogP contribution is 2.31. The van der Waals surface area contributed by atoms with E-state index in [0.717, 1.165) is 5.56 Å². The van der Waals surface area contributed by atoms with Crippen LogP contribution in [0.5, 0.6) is 0 Å². The Hall–Kier alpha value is -0.950.